The summed E-state index contributed by atoms with van der Waals surface area (Å²) in [6.45, 7) is 16.9. The summed E-state index contributed by atoms with van der Waals surface area (Å²) in [6.07, 6.45) is 2.38. The summed E-state index contributed by atoms with van der Waals surface area (Å²) >= 11 is 0. The topological polar surface area (TPSA) is 40.2 Å². The monoisotopic (exact) mass is 537 g/mol. The third-order valence-electron chi connectivity index (χ3n) is 10.9. The van der Waals surface area contributed by atoms with E-state index in [-0.39, 0.29) is 36.6 Å². The van der Waals surface area contributed by atoms with Crippen molar-refractivity contribution < 1.29 is 18.6 Å². The van der Waals surface area contributed by atoms with Crippen LogP contribution in [0.3, 0.4) is 0 Å². The first-order chi connectivity index (χ1) is 18.7. The van der Waals surface area contributed by atoms with Gasteiger partial charge in [-0.1, -0.05) is 42.5 Å². The summed E-state index contributed by atoms with van der Waals surface area (Å²) in [5, 5.41) is 2.41. The van der Waals surface area contributed by atoms with Crippen molar-refractivity contribution in [3.05, 3.63) is 59.7 Å². The van der Waals surface area contributed by atoms with E-state index in [1.165, 1.54) is 51.3 Å². The minimum atomic E-state index is -0.357. The maximum Gasteiger partial charge on any atom is 0.495 e. The Labute approximate surface area is 239 Å². The minimum Gasteiger partial charge on any atom is -0.399 e. The predicted octanol–water partition coefficient (Wildman–Crippen LogP) is 5.93. The Hall–Kier alpha value is -2.15. The van der Waals surface area contributed by atoms with Gasteiger partial charge in [0.05, 0.1) is 22.4 Å². The second-order valence-electron chi connectivity index (χ2n) is 14.3. The fraction of sp³-hybridized carbons (Fsp3) is 0.515. The van der Waals surface area contributed by atoms with Gasteiger partial charge < -0.3 is 18.6 Å². The summed E-state index contributed by atoms with van der Waals surface area (Å²) in [5.41, 5.74) is 6.30. The summed E-state index contributed by atoms with van der Waals surface area (Å²) in [5.74, 6) is 0. The Morgan fingerprint density at radius 1 is 0.625 bits per heavy atom. The molecule has 3 aromatic carbocycles. The van der Waals surface area contributed by atoms with Crippen molar-refractivity contribution in [3.63, 3.8) is 0 Å². The van der Waals surface area contributed by atoms with E-state index in [9.17, 15) is 0 Å². The minimum absolute atomic E-state index is 0.342. The van der Waals surface area contributed by atoms with E-state index >= 15 is 0 Å². The van der Waals surface area contributed by atoms with E-state index in [1.807, 2.05) is 0 Å². The molecule has 4 aliphatic rings. The molecule has 5 nitrogen and oxygen atoms in total. The quantitative estimate of drug-likeness (QED) is 0.388. The highest BCUT2D eigenvalue weighted by Gasteiger charge is 2.55. The van der Waals surface area contributed by atoms with Crippen LogP contribution in [0.15, 0.2) is 48.5 Å². The number of benzene rings is 3. The van der Waals surface area contributed by atoms with Crippen LogP contribution in [0.25, 0.3) is 21.9 Å². The lowest BCUT2D eigenvalue weighted by Gasteiger charge is -2.32. The van der Waals surface area contributed by atoms with Gasteiger partial charge in [-0.15, -0.1) is 0 Å². The largest absolute Gasteiger partial charge is 0.495 e. The molecule has 2 bridgehead atoms. The van der Waals surface area contributed by atoms with Gasteiger partial charge in [-0.2, -0.15) is 0 Å². The first kappa shape index (κ1) is 26.7. The first-order valence-corrected chi connectivity index (χ1v) is 14.8. The lowest BCUT2D eigenvalue weighted by atomic mass is 9.70. The Morgan fingerprint density at radius 2 is 1.15 bits per heavy atom. The Kier molecular flexibility index (Phi) is 5.65. The SMILES string of the molecule is CN1C2CCC1c1c(-c3ccc4cc(B5OC(C)(C)C(C)(C)O5)ccc4c3)ccc(B3OC(C)(C)C(C)(C)O3)c12. The highest BCUT2D eigenvalue weighted by molar-refractivity contribution is 6.63. The van der Waals surface area contributed by atoms with Gasteiger partial charge in [0.25, 0.3) is 0 Å². The number of fused-ring (bicyclic) bond motifs is 6. The highest BCUT2D eigenvalue weighted by atomic mass is 16.7. The van der Waals surface area contributed by atoms with Crippen molar-refractivity contribution in [1.82, 2.24) is 4.90 Å². The lowest BCUT2D eigenvalue weighted by molar-refractivity contribution is 0.00578. The summed E-state index contributed by atoms with van der Waals surface area (Å²) in [4.78, 5) is 2.56. The second kappa shape index (κ2) is 8.45. The average Bonchev–Trinajstić information content (AvgIpc) is 3.52. The Balaban J connectivity index is 1.27. The first-order valence-electron chi connectivity index (χ1n) is 14.8. The van der Waals surface area contributed by atoms with Crippen LogP contribution in [0.5, 0.6) is 0 Å². The fourth-order valence-corrected chi connectivity index (χ4v) is 7.01. The van der Waals surface area contributed by atoms with Crippen molar-refractivity contribution in [3.8, 4) is 11.1 Å². The van der Waals surface area contributed by atoms with Gasteiger partial charge in [0, 0.05) is 12.1 Å². The van der Waals surface area contributed by atoms with Gasteiger partial charge >= 0.3 is 14.2 Å². The second-order valence-corrected chi connectivity index (χ2v) is 14.3. The summed E-state index contributed by atoms with van der Waals surface area (Å²) < 4.78 is 25.7. The average molecular weight is 537 g/mol. The molecule has 0 radical (unpaired) electrons. The van der Waals surface area contributed by atoms with Gasteiger partial charge in [0.1, 0.15) is 0 Å². The predicted molar refractivity (Wildman–Crippen MR) is 163 cm³/mol. The molecule has 4 heterocycles. The number of rotatable bonds is 3. The molecule has 3 aromatic rings. The third kappa shape index (κ3) is 3.74. The van der Waals surface area contributed by atoms with Crippen molar-refractivity contribution in [2.24, 2.45) is 0 Å². The molecule has 0 saturated carbocycles. The summed E-state index contributed by atoms with van der Waals surface area (Å²) in [7, 11) is 1.58. The Morgan fingerprint density at radius 3 is 1.77 bits per heavy atom. The van der Waals surface area contributed by atoms with E-state index < -0.39 is 0 Å². The van der Waals surface area contributed by atoms with E-state index in [4.69, 9.17) is 18.6 Å². The normalized spacial score (nSPS) is 27.6. The smallest absolute Gasteiger partial charge is 0.399 e. The molecule has 2 atom stereocenters. The Bertz CT molecular complexity index is 1500. The number of hydrogen-bond donors (Lipinski definition) is 0. The van der Waals surface area contributed by atoms with E-state index in [0.717, 1.165) is 5.46 Å². The van der Waals surface area contributed by atoms with E-state index in [2.05, 4.69) is 116 Å². The van der Waals surface area contributed by atoms with Crippen LogP contribution in [0.2, 0.25) is 0 Å². The molecule has 3 saturated heterocycles. The highest BCUT2D eigenvalue weighted by Crippen LogP contribution is 2.54. The maximum absolute atomic E-state index is 6.54. The van der Waals surface area contributed by atoms with Crippen molar-refractivity contribution >= 4 is 35.9 Å². The van der Waals surface area contributed by atoms with Crippen molar-refractivity contribution in [2.45, 2.75) is 103 Å². The van der Waals surface area contributed by atoms with Gasteiger partial charge in [-0.3, -0.25) is 4.90 Å². The fourth-order valence-electron chi connectivity index (χ4n) is 7.01. The molecule has 0 N–H and O–H groups in total. The zero-order chi connectivity index (χ0) is 28.4. The molecule has 40 heavy (non-hydrogen) atoms. The molecule has 208 valence electrons. The third-order valence-corrected chi connectivity index (χ3v) is 10.9. The van der Waals surface area contributed by atoms with Gasteiger partial charge in [0.15, 0.2) is 0 Å². The van der Waals surface area contributed by atoms with Crippen LogP contribution in [0.4, 0.5) is 0 Å². The molecule has 0 aromatic heterocycles. The van der Waals surface area contributed by atoms with Gasteiger partial charge in [0.2, 0.25) is 0 Å². The molecule has 2 unspecified atom stereocenters. The van der Waals surface area contributed by atoms with Crippen LogP contribution in [0, 0.1) is 0 Å². The summed E-state index contributed by atoms with van der Waals surface area (Å²) in [6, 6.07) is 18.8. The van der Waals surface area contributed by atoms with Crippen LogP contribution >= 0.6 is 0 Å². The molecule has 7 heteroatoms. The van der Waals surface area contributed by atoms with E-state index in [1.54, 1.807) is 0 Å². The molecule has 3 fully saturated rings. The van der Waals surface area contributed by atoms with Crippen molar-refractivity contribution in [2.75, 3.05) is 7.05 Å². The van der Waals surface area contributed by atoms with Gasteiger partial charge in [-0.05, 0) is 125 Å². The van der Waals surface area contributed by atoms with Crippen LogP contribution in [-0.2, 0) is 18.6 Å². The molecular formula is C33H41B2NO4. The zero-order valence-electron chi connectivity index (χ0n) is 25.4. The zero-order valence-corrected chi connectivity index (χ0v) is 25.4. The maximum atomic E-state index is 6.54. The van der Waals surface area contributed by atoms with Crippen LogP contribution in [-0.4, -0.2) is 48.6 Å². The van der Waals surface area contributed by atoms with Crippen LogP contribution in [0.1, 0.15) is 91.4 Å². The number of nitrogens with zero attached hydrogens (tertiary/aromatic N) is 1. The molecule has 0 spiro atoms. The van der Waals surface area contributed by atoms with Crippen LogP contribution < -0.4 is 10.9 Å². The van der Waals surface area contributed by atoms with E-state index in [0.29, 0.717) is 12.1 Å². The molecule has 0 amide bonds. The molecule has 0 aliphatic carbocycles. The lowest BCUT2D eigenvalue weighted by Crippen LogP contribution is -2.41. The standard InChI is InChI=1S/C33H41B2NO4/c1-30(2)31(3,4)38-34(37-30)23-13-12-20-18-22(11-10-21(20)19-23)24-14-15-25(35-39-32(5,6)33(7,8)40-35)29-27-17-16-26(28(24)29)36(27)9/h10-15,18-19,26-27H,16-17H2,1-9H3. The number of hydrogen-bond acceptors (Lipinski definition) is 5. The van der Waals surface area contributed by atoms with Crippen molar-refractivity contribution in [1.29, 1.82) is 0 Å². The molecular weight excluding hydrogens is 496 g/mol. The molecule has 4 aliphatic heterocycles. The molecule has 7 rings (SSSR count). The van der Waals surface area contributed by atoms with Gasteiger partial charge in [-0.25, -0.2) is 0 Å².